The van der Waals surface area contributed by atoms with Crippen LogP contribution in [0.3, 0.4) is 0 Å². The fraction of sp³-hybridized carbons (Fsp3) is 0.400. The first-order valence-corrected chi connectivity index (χ1v) is 5.02. The predicted octanol–water partition coefficient (Wildman–Crippen LogP) is 2.61. The largest absolute Gasteiger partial charge is 0.416 e. The van der Waals surface area contributed by atoms with Crippen molar-refractivity contribution in [3.8, 4) is 0 Å². The van der Waals surface area contributed by atoms with Crippen molar-refractivity contribution in [1.82, 2.24) is 15.0 Å². The Kier molecular flexibility index (Phi) is 2.48. The molecule has 0 saturated heterocycles. The van der Waals surface area contributed by atoms with E-state index in [2.05, 4.69) is 10.3 Å². The quantitative estimate of drug-likeness (QED) is 0.784. The van der Waals surface area contributed by atoms with E-state index in [0.717, 1.165) is 12.1 Å². The Labute approximate surface area is 95.2 Å². The van der Waals surface area contributed by atoms with Crippen molar-refractivity contribution in [1.29, 1.82) is 0 Å². The zero-order valence-electron chi connectivity index (χ0n) is 9.28. The van der Waals surface area contributed by atoms with Crippen LogP contribution in [-0.4, -0.2) is 15.0 Å². The minimum atomic E-state index is -4.42. The maximum Gasteiger partial charge on any atom is 0.416 e. The van der Waals surface area contributed by atoms with Gasteiger partial charge in [0.15, 0.2) is 0 Å². The van der Waals surface area contributed by atoms with Crippen molar-refractivity contribution in [2.24, 2.45) is 0 Å². The van der Waals surface area contributed by atoms with E-state index in [1.54, 1.807) is 0 Å². The van der Waals surface area contributed by atoms with Crippen molar-refractivity contribution in [2.45, 2.75) is 26.1 Å². The summed E-state index contributed by atoms with van der Waals surface area (Å²) in [4.78, 5) is 0. The summed E-state index contributed by atoms with van der Waals surface area (Å²) in [5, 5.41) is 7.58. The van der Waals surface area contributed by atoms with Crippen LogP contribution in [0.4, 0.5) is 18.9 Å². The minimum Gasteiger partial charge on any atom is -0.397 e. The monoisotopic (exact) mass is 244 g/mol. The first-order chi connectivity index (χ1) is 7.80. The molecule has 0 unspecified atom stereocenters. The van der Waals surface area contributed by atoms with Crippen LogP contribution in [0.25, 0.3) is 11.0 Å². The van der Waals surface area contributed by atoms with Crippen LogP contribution >= 0.6 is 0 Å². The van der Waals surface area contributed by atoms with Crippen molar-refractivity contribution in [3.05, 3.63) is 17.7 Å². The van der Waals surface area contributed by atoms with Crippen molar-refractivity contribution in [2.75, 3.05) is 5.73 Å². The third-order valence-electron chi connectivity index (χ3n) is 2.42. The van der Waals surface area contributed by atoms with Crippen molar-refractivity contribution in [3.63, 3.8) is 0 Å². The number of rotatable bonds is 1. The molecule has 0 atom stereocenters. The third kappa shape index (κ3) is 1.92. The van der Waals surface area contributed by atoms with E-state index in [1.807, 2.05) is 13.8 Å². The number of anilines is 1. The number of aromatic nitrogens is 3. The number of benzene rings is 1. The van der Waals surface area contributed by atoms with Gasteiger partial charge in [0.25, 0.3) is 0 Å². The molecule has 2 aromatic rings. The van der Waals surface area contributed by atoms with Crippen LogP contribution in [0.2, 0.25) is 0 Å². The highest BCUT2D eigenvalue weighted by Crippen LogP contribution is 2.34. The Bertz CT molecular complexity index is 556. The van der Waals surface area contributed by atoms with Gasteiger partial charge in [0, 0.05) is 6.04 Å². The van der Waals surface area contributed by atoms with Gasteiger partial charge in [-0.2, -0.15) is 13.2 Å². The van der Waals surface area contributed by atoms with E-state index in [9.17, 15) is 13.2 Å². The van der Waals surface area contributed by atoms with Gasteiger partial charge in [-0.15, -0.1) is 5.10 Å². The normalized spacial score (nSPS) is 12.6. The summed E-state index contributed by atoms with van der Waals surface area (Å²) in [5.74, 6) is 0. The molecule has 0 spiro atoms. The summed E-state index contributed by atoms with van der Waals surface area (Å²) >= 11 is 0. The topological polar surface area (TPSA) is 56.7 Å². The predicted molar refractivity (Wildman–Crippen MR) is 57.3 cm³/mol. The molecule has 0 aliphatic rings. The van der Waals surface area contributed by atoms with Crippen LogP contribution in [0.1, 0.15) is 25.5 Å². The zero-order chi connectivity index (χ0) is 12.8. The fourth-order valence-electron chi connectivity index (χ4n) is 1.61. The number of nitrogens with two attached hydrogens (primary N) is 1. The molecule has 0 radical (unpaired) electrons. The summed E-state index contributed by atoms with van der Waals surface area (Å²) in [6.45, 7) is 3.62. The second-order valence-electron chi connectivity index (χ2n) is 4.06. The third-order valence-corrected chi connectivity index (χ3v) is 2.42. The molecule has 0 aliphatic carbocycles. The van der Waals surface area contributed by atoms with Crippen LogP contribution in [-0.2, 0) is 6.18 Å². The van der Waals surface area contributed by atoms with Crippen molar-refractivity contribution >= 4 is 16.7 Å². The number of alkyl halides is 3. The average Bonchev–Trinajstić information content (AvgIpc) is 2.60. The lowest BCUT2D eigenvalue weighted by atomic mass is 10.1. The van der Waals surface area contributed by atoms with Crippen LogP contribution in [0.5, 0.6) is 0 Å². The molecule has 7 heteroatoms. The highest BCUT2D eigenvalue weighted by Gasteiger charge is 2.32. The van der Waals surface area contributed by atoms with E-state index in [0.29, 0.717) is 11.0 Å². The molecular formula is C10H11F3N4. The Morgan fingerprint density at radius 3 is 2.47 bits per heavy atom. The molecule has 4 nitrogen and oxygen atoms in total. The van der Waals surface area contributed by atoms with Gasteiger partial charge in [-0.1, -0.05) is 5.21 Å². The number of halogens is 3. The van der Waals surface area contributed by atoms with Crippen molar-refractivity contribution < 1.29 is 13.2 Å². The highest BCUT2D eigenvalue weighted by atomic mass is 19.4. The summed E-state index contributed by atoms with van der Waals surface area (Å²) < 4.78 is 39.3. The summed E-state index contributed by atoms with van der Waals surface area (Å²) in [7, 11) is 0. The number of hydrogen-bond acceptors (Lipinski definition) is 3. The Morgan fingerprint density at radius 2 is 1.94 bits per heavy atom. The zero-order valence-corrected chi connectivity index (χ0v) is 9.28. The molecular weight excluding hydrogens is 233 g/mol. The second-order valence-corrected chi connectivity index (χ2v) is 4.06. The van der Waals surface area contributed by atoms with Gasteiger partial charge in [-0.3, -0.25) is 0 Å². The smallest absolute Gasteiger partial charge is 0.397 e. The molecule has 0 amide bonds. The molecule has 17 heavy (non-hydrogen) atoms. The Morgan fingerprint density at radius 1 is 1.29 bits per heavy atom. The van der Waals surface area contributed by atoms with Crippen LogP contribution in [0, 0.1) is 0 Å². The summed E-state index contributed by atoms with van der Waals surface area (Å²) in [6, 6.07) is 1.82. The summed E-state index contributed by atoms with van der Waals surface area (Å²) in [5.41, 5.74) is 5.35. The first kappa shape index (κ1) is 11.7. The molecule has 0 aliphatic heterocycles. The SMILES string of the molecule is CC(C)n1nnc2c(N)cc(C(F)(F)F)cc21. The molecule has 0 bridgehead atoms. The van der Waals surface area contributed by atoms with Gasteiger partial charge in [0.1, 0.15) is 5.52 Å². The molecule has 92 valence electrons. The lowest BCUT2D eigenvalue weighted by Crippen LogP contribution is -2.08. The lowest BCUT2D eigenvalue weighted by molar-refractivity contribution is -0.137. The van der Waals surface area contributed by atoms with Gasteiger partial charge < -0.3 is 5.73 Å². The fourth-order valence-corrected chi connectivity index (χ4v) is 1.61. The van der Waals surface area contributed by atoms with Gasteiger partial charge in [-0.05, 0) is 26.0 Å². The Balaban J connectivity index is 2.74. The van der Waals surface area contributed by atoms with Gasteiger partial charge in [-0.25, -0.2) is 4.68 Å². The highest BCUT2D eigenvalue weighted by molar-refractivity contribution is 5.87. The van der Waals surface area contributed by atoms with E-state index in [1.165, 1.54) is 4.68 Å². The molecule has 0 fully saturated rings. The maximum absolute atomic E-state index is 12.6. The van der Waals surface area contributed by atoms with E-state index >= 15 is 0 Å². The molecule has 1 aromatic carbocycles. The van der Waals surface area contributed by atoms with Gasteiger partial charge in [0.2, 0.25) is 0 Å². The lowest BCUT2D eigenvalue weighted by Gasteiger charge is -2.10. The first-order valence-electron chi connectivity index (χ1n) is 5.02. The standard InChI is InChI=1S/C10H11F3N4/c1-5(2)17-8-4-6(10(11,12)13)3-7(14)9(8)15-16-17/h3-5H,14H2,1-2H3. The van der Waals surface area contributed by atoms with Crippen LogP contribution < -0.4 is 5.73 Å². The van der Waals surface area contributed by atoms with Gasteiger partial charge in [0.05, 0.1) is 16.8 Å². The number of fused-ring (bicyclic) bond motifs is 1. The van der Waals surface area contributed by atoms with E-state index in [-0.39, 0.29) is 11.7 Å². The number of nitrogen functional groups attached to an aromatic ring is 1. The summed E-state index contributed by atoms with van der Waals surface area (Å²) in [6.07, 6.45) is -4.42. The Hall–Kier alpha value is -1.79. The van der Waals surface area contributed by atoms with Gasteiger partial charge >= 0.3 is 6.18 Å². The van der Waals surface area contributed by atoms with E-state index < -0.39 is 11.7 Å². The number of nitrogens with zero attached hydrogens (tertiary/aromatic N) is 3. The van der Waals surface area contributed by atoms with Crippen LogP contribution in [0.15, 0.2) is 12.1 Å². The number of hydrogen-bond donors (Lipinski definition) is 1. The average molecular weight is 244 g/mol. The maximum atomic E-state index is 12.6. The molecule has 2 rings (SSSR count). The second kappa shape index (κ2) is 3.61. The molecule has 1 aromatic heterocycles. The minimum absolute atomic E-state index is 0.0123. The molecule has 0 saturated carbocycles. The molecule has 2 N–H and O–H groups in total. The molecule has 1 heterocycles. The van der Waals surface area contributed by atoms with E-state index in [4.69, 9.17) is 5.73 Å².